The van der Waals surface area contributed by atoms with Crippen molar-refractivity contribution in [2.24, 2.45) is 11.0 Å². The first-order valence-electron chi connectivity index (χ1n) is 10.7. The minimum atomic E-state index is -4.91. The number of aromatic hydroxyl groups is 1. The van der Waals surface area contributed by atoms with Gasteiger partial charge in [0.05, 0.1) is 7.11 Å². The molecule has 2 bridgehead atoms. The van der Waals surface area contributed by atoms with Gasteiger partial charge in [-0.3, -0.25) is 5.43 Å². The molecule has 5 rings (SSSR count). The zero-order chi connectivity index (χ0) is 23.9. The van der Waals surface area contributed by atoms with E-state index in [1.165, 1.54) is 7.11 Å². The maximum absolute atomic E-state index is 13.9. The first kappa shape index (κ1) is 22.4. The number of piperidine rings is 1. The first-order chi connectivity index (χ1) is 15.4. The Balaban J connectivity index is 1.74. The summed E-state index contributed by atoms with van der Waals surface area (Å²) in [7, 11) is 3.27. The minimum absolute atomic E-state index is 0.140. The highest BCUT2D eigenvalue weighted by molar-refractivity contribution is 6.06. The molecule has 33 heavy (non-hydrogen) atoms. The number of nitrogens with zero attached hydrogens (tertiary/aromatic N) is 2. The van der Waals surface area contributed by atoms with E-state index in [1.54, 1.807) is 17.6 Å². The zero-order valence-electron chi connectivity index (χ0n) is 17.9. The van der Waals surface area contributed by atoms with Crippen molar-refractivity contribution in [2.45, 2.75) is 55.5 Å². The average molecular weight is 475 g/mol. The SMILES string of the molecule is COc1ccc2c(c1O)[C@@]13CCN(C)[C@@H](C2)[C@@H]1CC1=C(C3)C(C(F)(F)F)=NNC1C(F)(F)F. The van der Waals surface area contributed by atoms with Gasteiger partial charge in [0.25, 0.3) is 0 Å². The second-order valence-corrected chi connectivity index (χ2v) is 9.36. The summed E-state index contributed by atoms with van der Waals surface area (Å²) in [6.45, 7) is 0.555. The maximum atomic E-state index is 13.9. The average Bonchev–Trinajstić information content (AvgIpc) is 2.72. The Morgan fingerprint density at radius 3 is 2.55 bits per heavy atom. The standard InChI is InChI=1S/C22H23F6N3O2/c1-31-6-5-20-9-12-11(18(21(23,24)25)29-30-19(12)22(26,27)28)8-13(20)14(31)7-10-3-4-15(33-2)17(32)16(10)20/h3-4,13-14,18,29,32H,5-9H2,1-2H3/t13-,14-,18?,20+/m0/s1. The van der Waals surface area contributed by atoms with Crippen LogP contribution < -0.4 is 10.2 Å². The molecule has 2 aliphatic carbocycles. The van der Waals surface area contributed by atoms with Crippen molar-refractivity contribution >= 4 is 5.71 Å². The Morgan fingerprint density at radius 2 is 1.91 bits per heavy atom. The molecule has 2 heterocycles. The van der Waals surface area contributed by atoms with Gasteiger partial charge in [-0.25, -0.2) is 0 Å². The number of benzene rings is 1. The number of phenols is 1. The van der Waals surface area contributed by atoms with E-state index >= 15 is 0 Å². The molecule has 2 aliphatic heterocycles. The van der Waals surface area contributed by atoms with E-state index < -0.39 is 35.1 Å². The van der Waals surface area contributed by atoms with Gasteiger partial charge >= 0.3 is 12.4 Å². The van der Waals surface area contributed by atoms with Crippen LogP contribution in [0.15, 0.2) is 28.4 Å². The van der Waals surface area contributed by atoms with Crippen LogP contribution in [0, 0.1) is 5.92 Å². The summed E-state index contributed by atoms with van der Waals surface area (Å²) in [6.07, 6.45) is -9.23. The van der Waals surface area contributed by atoms with Crippen LogP contribution in [0.1, 0.15) is 30.4 Å². The first-order valence-corrected chi connectivity index (χ1v) is 10.7. The number of halogens is 6. The molecule has 1 saturated heterocycles. The summed E-state index contributed by atoms with van der Waals surface area (Å²) < 4.78 is 88.3. The van der Waals surface area contributed by atoms with E-state index in [0.29, 0.717) is 24.9 Å². The predicted molar refractivity (Wildman–Crippen MR) is 107 cm³/mol. The summed E-state index contributed by atoms with van der Waals surface area (Å²) in [5, 5.41) is 14.2. The molecule has 0 spiro atoms. The lowest BCUT2D eigenvalue weighted by atomic mass is 9.50. The van der Waals surface area contributed by atoms with Gasteiger partial charge in [-0.05, 0) is 68.0 Å². The number of hydrogen-bond donors (Lipinski definition) is 2. The fourth-order valence-corrected chi connectivity index (χ4v) is 6.48. The molecule has 1 aromatic carbocycles. The van der Waals surface area contributed by atoms with Crippen molar-refractivity contribution in [3.8, 4) is 11.5 Å². The summed E-state index contributed by atoms with van der Waals surface area (Å²) in [5.41, 5.74) is 0.0792. The second kappa shape index (κ2) is 7.04. The second-order valence-electron chi connectivity index (χ2n) is 9.36. The Kier molecular flexibility index (Phi) is 4.77. The van der Waals surface area contributed by atoms with Crippen LogP contribution in [0.4, 0.5) is 26.3 Å². The lowest BCUT2D eigenvalue weighted by Crippen LogP contribution is -2.62. The van der Waals surface area contributed by atoms with E-state index in [9.17, 15) is 31.4 Å². The molecule has 0 aromatic heterocycles. The number of likely N-dealkylation sites (N-methyl/N-ethyl adjacent to an activating group) is 1. The predicted octanol–water partition coefficient (Wildman–Crippen LogP) is 4.06. The Labute approximate surface area is 186 Å². The highest BCUT2D eigenvalue weighted by Crippen LogP contribution is 2.61. The fraction of sp³-hybridized carbons (Fsp3) is 0.591. The monoisotopic (exact) mass is 475 g/mol. The quantitative estimate of drug-likeness (QED) is 0.602. The number of likely N-dealkylation sites (tertiary alicyclic amines) is 1. The highest BCUT2D eigenvalue weighted by Gasteiger charge is 2.61. The van der Waals surface area contributed by atoms with Crippen LogP contribution in [0.2, 0.25) is 0 Å². The molecule has 180 valence electrons. The lowest BCUT2D eigenvalue weighted by molar-refractivity contribution is -0.150. The van der Waals surface area contributed by atoms with Crippen molar-refractivity contribution in [1.82, 2.24) is 10.3 Å². The molecule has 2 N–H and O–H groups in total. The molecule has 0 saturated carbocycles. The third-order valence-electron chi connectivity index (χ3n) is 7.88. The molecule has 4 atom stereocenters. The zero-order valence-corrected chi connectivity index (χ0v) is 17.9. The van der Waals surface area contributed by atoms with Crippen molar-refractivity contribution in [3.05, 3.63) is 34.4 Å². The van der Waals surface area contributed by atoms with Crippen LogP contribution in [-0.4, -0.2) is 60.9 Å². The van der Waals surface area contributed by atoms with Gasteiger partial charge < -0.3 is 14.7 Å². The van der Waals surface area contributed by atoms with Crippen molar-refractivity contribution in [3.63, 3.8) is 0 Å². The lowest BCUT2D eigenvalue weighted by Gasteiger charge is -2.59. The van der Waals surface area contributed by atoms with Crippen molar-refractivity contribution in [2.75, 3.05) is 20.7 Å². The number of methoxy groups -OCH3 is 1. The van der Waals surface area contributed by atoms with E-state index in [4.69, 9.17) is 4.74 Å². The van der Waals surface area contributed by atoms with Gasteiger partial charge in [0.15, 0.2) is 23.3 Å². The molecule has 4 aliphatic rings. The number of allylic oxidation sites excluding steroid dienone is 1. The Hall–Kier alpha value is -2.43. The number of nitrogens with one attached hydrogen (secondary N) is 1. The number of hydrogen-bond acceptors (Lipinski definition) is 5. The molecule has 11 heteroatoms. The smallest absolute Gasteiger partial charge is 0.435 e. The van der Waals surface area contributed by atoms with E-state index in [2.05, 4.69) is 10.0 Å². The number of rotatable bonds is 1. The summed E-state index contributed by atoms with van der Waals surface area (Å²) in [4.78, 5) is 2.07. The van der Waals surface area contributed by atoms with E-state index in [0.717, 1.165) is 5.56 Å². The van der Waals surface area contributed by atoms with Crippen LogP contribution in [0.25, 0.3) is 0 Å². The number of hydrazone groups is 1. The number of ether oxygens (including phenoxy) is 1. The van der Waals surface area contributed by atoms with Gasteiger partial charge in [-0.2, -0.15) is 31.4 Å². The Morgan fingerprint density at radius 1 is 1.18 bits per heavy atom. The van der Waals surface area contributed by atoms with E-state index in [1.807, 2.05) is 7.05 Å². The minimum Gasteiger partial charge on any atom is -0.504 e. The maximum Gasteiger partial charge on any atom is 0.435 e. The van der Waals surface area contributed by atoms with Crippen LogP contribution >= 0.6 is 0 Å². The molecular formula is C22H23F6N3O2. The summed E-state index contributed by atoms with van der Waals surface area (Å²) in [6, 6.07) is 0.987. The highest BCUT2D eigenvalue weighted by atomic mass is 19.4. The Bertz CT molecular complexity index is 1060. The van der Waals surface area contributed by atoms with E-state index in [-0.39, 0.29) is 41.9 Å². The molecule has 1 aromatic rings. The third-order valence-corrected chi connectivity index (χ3v) is 7.88. The molecular weight excluding hydrogens is 452 g/mol. The topological polar surface area (TPSA) is 57.1 Å². The number of alkyl halides is 6. The van der Waals surface area contributed by atoms with Crippen LogP contribution in [-0.2, 0) is 11.8 Å². The molecule has 0 amide bonds. The van der Waals surface area contributed by atoms with Gasteiger partial charge in [0.1, 0.15) is 0 Å². The van der Waals surface area contributed by atoms with Gasteiger partial charge in [-0.15, -0.1) is 0 Å². The molecule has 5 nitrogen and oxygen atoms in total. The number of fused-ring (bicyclic) bond motifs is 1. The van der Waals surface area contributed by atoms with Crippen LogP contribution in [0.5, 0.6) is 11.5 Å². The normalized spacial score (nSPS) is 31.8. The van der Waals surface area contributed by atoms with Crippen molar-refractivity contribution < 1.29 is 36.2 Å². The van der Waals surface area contributed by atoms with Crippen molar-refractivity contribution in [1.29, 1.82) is 0 Å². The van der Waals surface area contributed by atoms with Gasteiger partial charge in [-0.1, -0.05) is 6.07 Å². The van der Waals surface area contributed by atoms with Gasteiger partial charge in [0.2, 0.25) is 0 Å². The summed E-state index contributed by atoms with van der Waals surface area (Å²) >= 11 is 0. The fourth-order valence-electron chi connectivity index (χ4n) is 6.48. The number of phenolic OH excluding ortho intramolecular Hbond substituents is 1. The molecule has 0 radical (unpaired) electrons. The molecule has 1 fully saturated rings. The third kappa shape index (κ3) is 3.14. The van der Waals surface area contributed by atoms with Crippen LogP contribution in [0.3, 0.4) is 0 Å². The van der Waals surface area contributed by atoms with Gasteiger partial charge in [0, 0.05) is 17.0 Å². The largest absolute Gasteiger partial charge is 0.504 e. The summed E-state index contributed by atoms with van der Waals surface area (Å²) in [5.74, 6) is -0.333. The molecule has 1 unspecified atom stereocenters.